The molecule has 1 saturated carbocycles. The highest BCUT2D eigenvalue weighted by Gasteiger charge is 2.30. The summed E-state index contributed by atoms with van der Waals surface area (Å²) >= 11 is 0. The Labute approximate surface area is 199 Å². The Kier molecular flexibility index (Phi) is 6.48. The first-order valence-corrected chi connectivity index (χ1v) is 12.5. The summed E-state index contributed by atoms with van der Waals surface area (Å²) in [4.78, 5) is 39.1. The highest BCUT2D eigenvalue weighted by Crippen LogP contribution is 2.33. The molecule has 5 rings (SSSR count). The number of ether oxygens (including phenoxy) is 2. The van der Waals surface area contributed by atoms with E-state index in [4.69, 9.17) is 9.47 Å². The van der Waals surface area contributed by atoms with Crippen LogP contribution in [0.1, 0.15) is 51.0 Å². The molecule has 3 aliphatic rings. The van der Waals surface area contributed by atoms with E-state index in [9.17, 15) is 14.4 Å². The molecule has 182 valence electrons. The first-order chi connectivity index (χ1) is 16.5. The summed E-state index contributed by atoms with van der Waals surface area (Å²) in [7, 11) is 0. The maximum absolute atomic E-state index is 12.7. The Balaban J connectivity index is 1.07. The van der Waals surface area contributed by atoms with Crippen molar-refractivity contribution in [2.24, 2.45) is 17.8 Å². The molecule has 0 bridgehead atoms. The number of benzene rings is 1. The molecule has 2 N–H and O–H groups in total. The van der Waals surface area contributed by atoms with Crippen molar-refractivity contribution in [3.63, 3.8) is 0 Å². The van der Waals surface area contributed by atoms with Gasteiger partial charge in [-0.3, -0.25) is 14.4 Å². The third-order valence-corrected chi connectivity index (χ3v) is 7.67. The predicted octanol–water partition coefficient (Wildman–Crippen LogP) is 2.78. The summed E-state index contributed by atoms with van der Waals surface area (Å²) in [6.07, 6.45) is 5.64. The number of carbonyl (C=O) groups is 1. The predicted molar refractivity (Wildman–Crippen MR) is 130 cm³/mol. The minimum absolute atomic E-state index is 0.0160. The number of nitrogens with one attached hydrogen (secondary N) is 2. The summed E-state index contributed by atoms with van der Waals surface area (Å²) in [6, 6.07) is 5.72. The minimum Gasteiger partial charge on any atom is -0.454 e. The van der Waals surface area contributed by atoms with Crippen molar-refractivity contribution in [1.82, 2.24) is 5.32 Å². The van der Waals surface area contributed by atoms with E-state index >= 15 is 0 Å². The number of hydrogen-bond acceptors (Lipinski definition) is 7. The number of rotatable bonds is 7. The smallest absolute Gasteiger partial charge is 0.253 e. The first kappa shape index (κ1) is 22.7. The fraction of sp³-hybridized carbons (Fsp3) is 0.577. The van der Waals surface area contributed by atoms with E-state index in [1.165, 1.54) is 0 Å². The van der Waals surface area contributed by atoms with Crippen LogP contribution in [-0.2, 0) is 11.3 Å². The summed E-state index contributed by atoms with van der Waals surface area (Å²) in [5.74, 6) is 2.64. The lowest BCUT2D eigenvalue weighted by Gasteiger charge is -2.34. The fourth-order valence-electron chi connectivity index (χ4n) is 5.34. The van der Waals surface area contributed by atoms with Gasteiger partial charge in [-0.25, -0.2) is 0 Å². The molecule has 2 aromatic carbocycles. The van der Waals surface area contributed by atoms with E-state index in [-0.39, 0.29) is 29.5 Å². The maximum atomic E-state index is 12.7. The van der Waals surface area contributed by atoms with E-state index in [2.05, 4.69) is 22.5 Å². The van der Waals surface area contributed by atoms with Gasteiger partial charge < -0.3 is 25.0 Å². The van der Waals surface area contributed by atoms with Crippen molar-refractivity contribution in [1.29, 1.82) is 0 Å². The molecule has 0 atom stereocenters. The van der Waals surface area contributed by atoms with Crippen LogP contribution in [-0.4, -0.2) is 32.3 Å². The second-order valence-corrected chi connectivity index (χ2v) is 10.1. The van der Waals surface area contributed by atoms with Crippen LogP contribution in [0.5, 0.6) is 11.5 Å². The van der Waals surface area contributed by atoms with Crippen molar-refractivity contribution < 1.29 is 14.3 Å². The molecule has 2 heterocycles. The van der Waals surface area contributed by atoms with Gasteiger partial charge in [-0.1, -0.05) is 13.0 Å². The lowest BCUT2D eigenvalue weighted by atomic mass is 9.81. The average molecular weight is 468 g/mol. The van der Waals surface area contributed by atoms with Crippen LogP contribution >= 0.6 is 0 Å². The quantitative estimate of drug-likeness (QED) is 0.605. The molecule has 0 unspecified atom stereocenters. The summed E-state index contributed by atoms with van der Waals surface area (Å²) in [5, 5.41) is 6.34. The molecular formula is C26H33N3O5. The van der Waals surface area contributed by atoms with E-state index in [0.29, 0.717) is 36.3 Å². The van der Waals surface area contributed by atoms with Crippen molar-refractivity contribution in [3.8, 4) is 11.5 Å². The largest absolute Gasteiger partial charge is 0.454 e. The Bertz CT molecular complexity index is 1110. The van der Waals surface area contributed by atoms with Crippen LogP contribution in [0.3, 0.4) is 0 Å². The van der Waals surface area contributed by atoms with E-state index in [1.54, 1.807) is 0 Å². The van der Waals surface area contributed by atoms with Gasteiger partial charge in [-0.05, 0) is 68.1 Å². The SMILES string of the molecule is CC1CCN(c2c(NCC3CCC(C(=O)NCc4ccc5c(c4)OCO5)CC3)c(=O)c2=O)CC1. The minimum atomic E-state index is -0.384. The number of amides is 1. The number of anilines is 2. The topological polar surface area (TPSA) is 97.0 Å². The zero-order valence-corrected chi connectivity index (χ0v) is 19.7. The van der Waals surface area contributed by atoms with Crippen LogP contribution in [0.4, 0.5) is 11.4 Å². The van der Waals surface area contributed by atoms with E-state index in [1.807, 2.05) is 18.2 Å². The number of fused-ring (bicyclic) bond motifs is 1. The molecule has 1 saturated heterocycles. The molecule has 1 amide bonds. The van der Waals surface area contributed by atoms with Gasteiger partial charge in [-0.15, -0.1) is 0 Å². The molecule has 34 heavy (non-hydrogen) atoms. The molecule has 2 aromatic rings. The molecule has 2 aliphatic heterocycles. The molecule has 0 aromatic heterocycles. The van der Waals surface area contributed by atoms with Gasteiger partial charge in [0.2, 0.25) is 12.7 Å². The van der Waals surface area contributed by atoms with Gasteiger partial charge in [0, 0.05) is 32.1 Å². The van der Waals surface area contributed by atoms with Crippen LogP contribution in [0.25, 0.3) is 0 Å². The van der Waals surface area contributed by atoms with Gasteiger partial charge in [0.25, 0.3) is 10.9 Å². The van der Waals surface area contributed by atoms with Crippen LogP contribution in [0, 0.1) is 17.8 Å². The Morgan fingerprint density at radius 2 is 1.74 bits per heavy atom. The number of nitrogens with zero attached hydrogens (tertiary/aromatic N) is 1. The molecule has 8 nitrogen and oxygen atoms in total. The molecule has 1 aliphatic carbocycles. The van der Waals surface area contributed by atoms with Gasteiger partial charge >= 0.3 is 0 Å². The van der Waals surface area contributed by atoms with Crippen LogP contribution in [0.15, 0.2) is 27.8 Å². The van der Waals surface area contributed by atoms with Crippen molar-refractivity contribution in [2.75, 3.05) is 36.6 Å². The van der Waals surface area contributed by atoms with E-state index < -0.39 is 0 Å². The molecular weight excluding hydrogens is 434 g/mol. The molecule has 8 heteroatoms. The second-order valence-electron chi connectivity index (χ2n) is 10.1. The average Bonchev–Trinajstić information content (AvgIpc) is 3.34. The third-order valence-electron chi connectivity index (χ3n) is 7.67. The van der Waals surface area contributed by atoms with Crippen molar-refractivity contribution in [3.05, 3.63) is 44.2 Å². The van der Waals surface area contributed by atoms with E-state index in [0.717, 1.165) is 68.7 Å². The maximum Gasteiger partial charge on any atom is 0.253 e. The van der Waals surface area contributed by atoms with Gasteiger partial charge in [-0.2, -0.15) is 0 Å². The number of carbonyl (C=O) groups excluding carboxylic acids is 1. The van der Waals surface area contributed by atoms with Crippen molar-refractivity contribution in [2.45, 2.75) is 52.0 Å². The Morgan fingerprint density at radius 1 is 1.00 bits per heavy atom. The molecule has 2 fully saturated rings. The van der Waals surface area contributed by atoms with Gasteiger partial charge in [0.1, 0.15) is 11.4 Å². The second kappa shape index (κ2) is 9.68. The first-order valence-electron chi connectivity index (χ1n) is 12.5. The molecule has 0 radical (unpaired) electrons. The summed E-state index contributed by atoms with van der Waals surface area (Å²) < 4.78 is 10.7. The lowest BCUT2D eigenvalue weighted by Crippen LogP contribution is -2.45. The van der Waals surface area contributed by atoms with Gasteiger partial charge in [0.15, 0.2) is 11.5 Å². The zero-order chi connectivity index (χ0) is 23.7. The number of hydrogen-bond donors (Lipinski definition) is 2. The Hall–Kier alpha value is -3.03. The van der Waals surface area contributed by atoms with Crippen molar-refractivity contribution >= 4 is 17.3 Å². The third kappa shape index (κ3) is 4.63. The standard InChI is InChI=1S/C26H33N3O5/c1-16-8-10-29(11-9-16)23-22(24(30)25(23)31)27-13-17-2-5-19(6-3-17)26(32)28-14-18-4-7-20-21(12-18)34-15-33-20/h4,7,12,16-17,19,27H,2-3,5-6,8-11,13-15H2,1H3,(H,28,32). The van der Waals surface area contributed by atoms with Crippen LogP contribution < -0.4 is 35.9 Å². The summed E-state index contributed by atoms with van der Waals surface area (Å²) in [5.41, 5.74) is 1.35. The van der Waals surface area contributed by atoms with Gasteiger partial charge in [0.05, 0.1) is 0 Å². The monoisotopic (exact) mass is 467 g/mol. The molecule has 0 spiro atoms. The normalized spacial score (nSPS) is 22.7. The lowest BCUT2D eigenvalue weighted by molar-refractivity contribution is -0.126. The highest BCUT2D eigenvalue weighted by molar-refractivity contribution is 5.78. The summed E-state index contributed by atoms with van der Waals surface area (Å²) in [6.45, 7) is 5.30. The zero-order valence-electron chi connectivity index (χ0n) is 19.7. The fourth-order valence-corrected chi connectivity index (χ4v) is 5.34. The van der Waals surface area contributed by atoms with Crippen LogP contribution in [0.2, 0.25) is 0 Å². The highest BCUT2D eigenvalue weighted by atomic mass is 16.7. The number of piperidine rings is 1. The Morgan fingerprint density at radius 3 is 2.50 bits per heavy atom.